The fourth-order valence-corrected chi connectivity index (χ4v) is 5.75. The number of carboxylic acid groups (broad SMARTS) is 1. The summed E-state index contributed by atoms with van der Waals surface area (Å²) in [7, 11) is 0. The van der Waals surface area contributed by atoms with Crippen molar-refractivity contribution in [2.75, 3.05) is 13.1 Å². The molecule has 0 spiro atoms. The smallest absolute Gasteiger partial charge is 0.328 e. The van der Waals surface area contributed by atoms with E-state index in [0.29, 0.717) is 30.2 Å². The van der Waals surface area contributed by atoms with E-state index >= 15 is 0 Å². The van der Waals surface area contributed by atoms with Gasteiger partial charge in [-0.15, -0.1) is 0 Å². The van der Waals surface area contributed by atoms with E-state index in [4.69, 9.17) is 36.1 Å². The van der Waals surface area contributed by atoms with Gasteiger partial charge >= 0.3 is 5.97 Å². The molecule has 10 nitrogen and oxygen atoms in total. The zero-order chi connectivity index (χ0) is 32.9. The molecular formula is C34H33ClF2N6O4. The predicted octanol–water partition coefficient (Wildman–Crippen LogP) is 6.35. The molecule has 0 amide bonds. The number of carboxylic acids is 1. The minimum absolute atomic E-state index is 0.0109. The van der Waals surface area contributed by atoms with E-state index in [-0.39, 0.29) is 29.0 Å². The SMILES string of the molecule is CCn1cncc1Cn1c(CN2CCC(Oc3ccc(F)c(COc4ccc(Cl)cc4F)c3)CC2)nc2ccc(/C=C/C(=O)O)nc21. The van der Waals surface area contributed by atoms with Gasteiger partial charge in [0.2, 0.25) is 0 Å². The van der Waals surface area contributed by atoms with E-state index < -0.39 is 17.6 Å². The van der Waals surface area contributed by atoms with Crippen molar-refractivity contribution in [1.29, 1.82) is 0 Å². The van der Waals surface area contributed by atoms with Crippen LogP contribution in [0.2, 0.25) is 5.02 Å². The Bertz CT molecular complexity index is 1920. The van der Waals surface area contributed by atoms with Crippen LogP contribution in [0.25, 0.3) is 17.2 Å². The molecule has 0 aliphatic carbocycles. The van der Waals surface area contributed by atoms with Crippen molar-refractivity contribution in [2.45, 2.75) is 52.1 Å². The third-order valence-electron chi connectivity index (χ3n) is 8.05. The lowest BCUT2D eigenvalue weighted by Crippen LogP contribution is -2.38. The van der Waals surface area contributed by atoms with Gasteiger partial charge in [-0.05, 0) is 74.4 Å². The molecule has 244 valence electrons. The number of aryl methyl sites for hydroxylation is 1. The van der Waals surface area contributed by atoms with Crippen molar-refractivity contribution >= 4 is 34.8 Å². The summed E-state index contributed by atoms with van der Waals surface area (Å²) in [6.07, 6.45) is 7.60. The summed E-state index contributed by atoms with van der Waals surface area (Å²) < 4.78 is 44.5. The summed E-state index contributed by atoms with van der Waals surface area (Å²) in [5, 5.41) is 9.32. The van der Waals surface area contributed by atoms with Gasteiger partial charge in [-0.1, -0.05) is 11.6 Å². The number of benzene rings is 2. The Hall–Kier alpha value is -4.81. The third-order valence-corrected chi connectivity index (χ3v) is 8.28. The zero-order valence-corrected chi connectivity index (χ0v) is 26.4. The molecule has 0 atom stereocenters. The van der Waals surface area contributed by atoms with Crippen LogP contribution in [0.5, 0.6) is 11.5 Å². The van der Waals surface area contributed by atoms with Gasteiger partial charge in [0.1, 0.15) is 35.6 Å². The Kier molecular flexibility index (Phi) is 9.79. The van der Waals surface area contributed by atoms with Crippen molar-refractivity contribution in [3.63, 3.8) is 0 Å². The Balaban J connectivity index is 1.12. The number of nitrogens with zero attached hydrogens (tertiary/aromatic N) is 6. The third kappa shape index (κ3) is 7.78. The van der Waals surface area contributed by atoms with Gasteiger partial charge < -0.3 is 23.7 Å². The molecule has 13 heteroatoms. The lowest BCUT2D eigenvalue weighted by Gasteiger charge is -2.32. The second kappa shape index (κ2) is 14.3. The first kappa shape index (κ1) is 32.1. The highest BCUT2D eigenvalue weighted by Gasteiger charge is 2.24. The Labute approximate surface area is 274 Å². The van der Waals surface area contributed by atoms with Gasteiger partial charge in [0.25, 0.3) is 0 Å². The maximum atomic E-state index is 14.5. The molecule has 0 radical (unpaired) electrons. The average Bonchev–Trinajstić information content (AvgIpc) is 3.65. The van der Waals surface area contributed by atoms with Crippen molar-refractivity contribution in [3.8, 4) is 11.5 Å². The molecule has 0 unspecified atom stereocenters. The van der Waals surface area contributed by atoms with Crippen LogP contribution < -0.4 is 9.47 Å². The first-order valence-corrected chi connectivity index (χ1v) is 15.6. The quantitative estimate of drug-likeness (QED) is 0.154. The first-order chi connectivity index (χ1) is 22.7. The van der Waals surface area contributed by atoms with Gasteiger partial charge in [0.05, 0.1) is 30.8 Å². The molecule has 1 aliphatic heterocycles. The Morgan fingerprint density at radius 1 is 1.06 bits per heavy atom. The highest BCUT2D eigenvalue weighted by atomic mass is 35.5. The molecule has 6 rings (SSSR count). The summed E-state index contributed by atoms with van der Waals surface area (Å²) in [4.78, 5) is 27.3. The van der Waals surface area contributed by atoms with Gasteiger partial charge in [0, 0.05) is 42.5 Å². The van der Waals surface area contributed by atoms with Gasteiger partial charge in [0.15, 0.2) is 17.2 Å². The summed E-state index contributed by atoms with van der Waals surface area (Å²) in [5.74, 6) is -0.771. The lowest BCUT2D eigenvalue weighted by molar-refractivity contribution is -0.131. The molecule has 1 N–H and O–H groups in total. The van der Waals surface area contributed by atoms with E-state index in [9.17, 15) is 13.6 Å². The lowest BCUT2D eigenvalue weighted by atomic mass is 10.1. The number of aliphatic carboxylic acids is 1. The summed E-state index contributed by atoms with van der Waals surface area (Å²) in [5.41, 5.74) is 3.19. The Morgan fingerprint density at radius 3 is 2.66 bits per heavy atom. The highest BCUT2D eigenvalue weighted by Crippen LogP contribution is 2.26. The van der Waals surface area contributed by atoms with Gasteiger partial charge in [-0.3, -0.25) is 4.90 Å². The van der Waals surface area contributed by atoms with E-state index in [1.165, 1.54) is 24.3 Å². The maximum Gasteiger partial charge on any atom is 0.328 e. The number of carbonyl (C=O) groups is 1. The van der Waals surface area contributed by atoms with Crippen molar-refractivity contribution in [2.24, 2.45) is 0 Å². The molecule has 3 aromatic heterocycles. The van der Waals surface area contributed by atoms with Gasteiger partial charge in [-0.25, -0.2) is 28.5 Å². The topological polar surface area (TPSA) is 108 Å². The molecule has 0 saturated carbocycles. The number of fused-ring (bicyclic) bond motifs is 1. The second-order valence-corrected chi connectivity index (χ2v) is 11.7. The van der Waals surface area contributed by atoms with Crippen molar-refractivity contribution < 1.29 is 28.2 Å². The fourth-order valence-electron chi connectivity index (χ4n) is 5.59. The zero-order valence-electron chi connectivity index (χ0n) is 25.7. The molecule has 0 bridgehead atoms. The van der Waals surface area contributed by atoms with Crippen LogP contribution >= 0.6 is 11.6 Å². The highest BCUT2D eigenvalue weighted by molar-refractivity contribution is 6.30. The summed E-state index contributed by atoms with van der Waals surface area (Å²) >= 11 is 5.80. The number of hydrogen-bond acceptors (Lipinski definition) is 7. The molecule has 47 heavy (non-hydrogen) atoms. The molecule has 2 aromatic carbocycles. The summed E-state index contributed by atoms with van der Waals surface area (Å²) in [6, 6.07) is 12.2. The number of likely N-dealkylation sites (tertiary alicyclic amines) is 1. The fraction of sp³-hybridized carbons (Fsp3) is 0.294. The maximum absolute atomic E-state index is 14.5. The number of halogens is 3. The largest absolute Gasteiger partial charge is 0.490 e. The van der Waals surface area contributed by atoms with E-state index in [2.05, 4.69) is 25.9 Å². The second-order valence-electron chi connectivity index (χ2n) is 11.2. The monoisotopic (exact) mass is 662 g/mol. The summed E-state index contributed by atoms with van der Waals surface area (Å²) in [6.45, 7) is 5.28. The number of imidazole rings is 2. The average molecular weight is 663 g/mol. The molecule has 1 fully saturated rings. The number of ether oxygens (including phenoxy) is 2. The minimum Gasteiger partial charge on any atom is -0.490 e. The number of hydrogen-bond donors (Lipinski definition) is 1. The molecule has 1 saturated heterocycles. The number of piperidine rings is 1. The molecular weight excluding hydrogens is 630 g/mol. The van der Waals surface area contributed by atoms with E-state index in [1.807, 2.05) is 12.3 Å². The minimum atomic E-state index is -1.04. The van der Waals surface area contributed by atoms with Crippen molar-refractivity contribution in [3.05, 3.63) is 107 Å². The van der Waals surface area contributed by atoms with Crippen LogP contribution in [0.15, 0.2) is 67.1 Å². The van der Waals surface area contributed by atoms with Crippen LogP contribution in [0, 0.1) is 11.6 Å². The van der Waals surface area contributed by atoms with E-state index in [0.717, 1.165) is 61.7 Å². The van der Waals surface area contributed by atoms with Crippen LogP contribution in [0.4, 0.5) is 8.78 Å². The van der Waals surface area contributed by atoms with Crippen LogP contribution in [0.1, 0.15) is 42.5 Å². The van der Waals surface area contributed by atoms with Crippen LogP contribution in [0.3, 0.4) is 0 Å². The molecule has 4 heterocycles. The number of aromatic nitrogens is 5. The normalized spacial score (nSPS) is 14.3. The van der Waals surface area contributed by atoms with Crippen LogP contribution in [-0.2, 0) is 31.0 Å². The first-order valence-electron chi connectivity index (χ1n) is 15.3. The van der Waals surface area contributed by atoms with Crippen LogP contribution in [-0.4, -0.2) is 59.3 Å². The number of rotatable bonds is 12. The Morgan fingerprint density at radius 2 is 1.89 bits per heavy atom. The van der Waals surface area contributed by atoms with E-state index in [1.54, 1.807) is 24.5 Å². The van der Waals surface area contributed by atoms with Gasteiger partial charge in [-0.2, -0.15) is 0 Å². The molecule has 5 aromatic rings. The standard InChI is InChI=1S/C34H33ClF2N6O4/c1-2-42-21-38-17-25(42)18-43-32(40-30-8-4-24(39-34(30)43)5-10-33(44)45)19-41-13-11-26(12-14-41)47-27-6-7-28(36)22(15-27)20-46-31-9-3-23(35)16-29(31)37/h3-10,15-17,21,26H,2,11-14,18-20H2,1H3,(H,44,45)/b10-5+. The molecule has 1 aliphatic rings. The van der Waals surface area contributed by atoms with Crippen molar-refractivity contribution in [1.82, 2.24) is 29.0 Å². The predicted molar refractivity (Wildman–Crippen MR) is 172 cm³/mol. The number of pyridine rings is 1.